The lowest BCUT2D eigenvalue weighted by Crippen LogP contribution is -2.16. The normalized spacial score (nSPS) is 10.9. The highest BCUT2D eigenvalue weighted by molar-refractivity contribution is 6.10. The Labute approximate surface area is 158 Å². The molecule has 2 aromatic rings. The standard InChI is InChI=1S/C21H22N2O4/c1-13-6-5-7-18(15(13)3)23-19(24)12-14(2)20(25)22-17-10-8-16(9-11-17)21(26)27-4/h5-12H,1-4H3,(H,22,25)(H,23,24)/b14-12+. The molecule has 0 spiro atoms. The second-order valence-electron chi connectivity index (χ2n) is 6.09. The number of benzene rings is 2. The highest BCUT2D eigenvalue weighted by Crippen LogP contribution is 2.18. The van der Waals surface area contributed by atoms with E-state index >= 15 is 0 Å². The number of rotatable bonds is 5. The first-order valence-electron chi connectivity index (χ1n) is 8.37. The van der Waals surface area contributed by atoms with Gasteiger partial charge in [0, 0.05) is 23.0 Å². The van der Waals surface area contributed by atoms with Gasteiger partial charge in [-0.15, -0.1) is 0 Å². The van der Waals surface area contributed by atoms with Crippen LogP contribution in [-0.2, 0) is 14.3 Å². The van der Waals surface area contributed by atoms with E-state index in [9.17, 15) is 14.4 Å². The molecule has 2 amide bonds. The largest absolute Gasteiger partial charge is 0.465 e. The van der Waals surface area contributed by atoms with Crippen LogP contribution in [0.25, 0.3) is 0 Å². The predicted molar refractivity (Wildman–Crippen MR) is 105 cm³/mol. The maximum Gasteiger partial charge on any atom is 0.337 e. The maximum absolute atomic E-state index is 12.2. The SMILES string of the molecule is COC(=O)c1ccc(NC(=O)/C(C)=C/C(=O)Nc2cccc(C)c2C)cc1. The third kappa shape index (κ3) is 5.28. The van der Waals surface area contributed by atoms with Gasteiger partial charge in [0.2, 0.25) is 5.91 Å². The van der Waals surface area contributed by atoms with E-state index in [-0.39, 0.29) is 11.5 Å². The first-order valence-corrected chi connectivity index (χ1v) is 8.37. The fourth-order valence-electron chi connectivity index (χ4n) is 2.35. The summed E-state index contributed by atoms with van der Waals surface area (Å²) in [5.41, 5.74) is 3.91. The lowest BCUT2D eigenvalue weighted by molar-refractivity contribution is -0.114. The number of ether oxygens (including phenoxy) is 1. The molecule has 0 saturated heterocycles. The van der Waals surface area contributed by atoms with Crippen LogP contribution in [0.5, 0.6) is 0 Å². The summed E-state index contributed by atoms with van der Waals surface area (Å²) in [6, 6.07) is 11.9. The number of amides is 2. The zero-order valence-electron chi connectivity index (χ0n) is 15.8. The number of aryl methyl sites for hydroxylation is 1. The average Bonchev–Trinajstić information content (AvgIpc) is 2.65. The second kappa shape index (κ2) is 8.80. The molecule has 0 bridgehead atoms. The van der Waals surface area contributed by atoms with Gasteiger partial charge in [-0.25, -0.2) is 4.79 Å². The quantitative estimate of drug-likeness (QED) is 0.625. The van der Waals surface area contributed by atoms with E-state index in [4.69, 9.17) is 0 Å². The van der Waals surface area contributed by atoms with Gasteiger partial charge in [-0.2, -0.15) is 0 Å². The van der Waals surface area contributed by atoms with Crippen molar-refractivity contribution in [2.75, 3.05) is 17.7 Å². The molecule has 0 atom stereocenters. The van der Waals surface area contributed by atoms with E-state index < -0.39 is 11.9 Å². The Morgan fingerprint density at radius 3 is 2.26 bits per heavy atom. The number of carbonyl (C=O) groups is 3. The van der Waals surface area contributed by atoms with Crippen molar-refractivity contribution in [3.8, 4) is 0 Å². The third-order valence-corrected chi connectivity index (χ3v) is 4.13. The van der Waals surface area contributed by atoms with Gasteiger partial charge >= 0.3 is 5.97 Å². The molecular formula is C21H22N2O4. The summed E-state index contributed by atoms with van der Waals surface area (Å²) in [5.74, 6) is -1.23. The van der Waals surface area contributed by atoms with Crippen molar-refractivity contribution in [2.45, 2.75) is 20.8 Å². The number of hydrogen-bond acceptors (Lipinski definition) is 4. The zero-order valence-corrected chi connectivity index (χ0v) is 15.8. The van der Waals surface area contributed by atoms with E-state index in [0.29, 0.717) is 16.9 Å². The molecule has 6 nitrogen and oxygen atoms in total. The van der Waals surface area contributed by atoms with Crippen LogP contribution in [0.15, 0.2) is 54.1 Å². The van der Waals surface area contributed by atoms with Gasteiger partial charge in [-0.1, -0.05) is 12.1 Å². The topological polar surface area (TPSA) is 84.5 Å². The number of hydrogen-bond donors (Lipinski definition) is 2. The van der Waals surface area contributed by atoms with Crippen molar-refractivity contribution in [2.24, 2.45) is 0 Å². The Balaban J connectivity index is 2.02. The first-order chi connectivity index (χ1) is 12.8. The number of methoxy groups -OCH3 is 1. The second-order valence-corrected chi connectivity index (χ2v) is 6.09. The van der Waals surface area contributed by atoms with E-state index in [1.165, 1.54) is 13.2 Å². The molecule has 0 aromatic heterocycles. The number of carbonyl (C=O) groups excluding carboxylic acids is 3. The third-order valence-electron chi connectivity index (χ3n) is 4.13. The molecule has 0 radical (unpaired) electrons. The molecule has 0 saturated carbocycles. The summed E-state index contributed by atoms with van der Waals surface area (Å²) in [4.78, 5) is 35.8. The lowest BCUT2D eigenvalue weighted by Gasteiger charge is -2.09. The summed E-state index contributed by atoms with van der Waals surface area (Å²) >= 11 is 0. The van der Waals surface area contributed by atoms with E-state index in [1.54, 1.807) is 31.2 Å². The number of anilines is 2. The molecule has 0 heterocycles. The van der Waals surface area contributed by atoms with Gasteiger partial charge in [-0.05, 0) is 62.2 Å². The Bertz CT molecular complexity index is 899. The van der Waals surface area contributed by atoms with Crippen molar-refractivity contribution in [3.05, 3.63) is 70.8 Å². The molecule has 6 heteroatoms. The summed E-state index contributed by atoms with van der Waals surface area (Å²) in [6.45, 7) is 5.44. The Morgan fingerprint density at radius 2 is 1.63 bits per heavy atom. The van der Waals surface area contributed by atoms with Gasteiger partial charge in [0.05, 0.1) is 12.7 Å². The Hall–Kier alpha value is -3.41. The van der Waals surface area contributed by atoms with Crippen LogP contribution in [0.2, 0.25) is 0 Å². The highest BCUT2D eigenvalue weighted by atomic mass is 16.5. The van der Waals surface area contributed by atoms with Gasteiger partial charge in [-0.3, -0.25) is 9.59 Å². The van der Waals surface area contributed by atoms with Crippen LogP contribution in [0, 0.1) is 13.8 Å². The fraction of sp³-hybridized carbons (Fsp3) is 0.190. The van der Waals surface area contributed by atoms with E-state index in [0.717, 1.165) is 11.1 Å². The van der Waals surface area contributed by atoms with E-state index in [2.05, 4.69) is 15.4 Å². The minimum Gasteiger partial charge on any atom is -0.465 e. The average molecular weight is 366 g/mol. The molecule has 0 aliphatic carbocycles. The van der Waals surface area contributed by atoms with Crippen LogP contribution in [-0.4, -0.2) is 24.9 Å². The Morgan fingerprint density at radius 1 is 0.963 bits per heavy atom. The molecule has 0 aliphatic heterocycles. The van der Waals surface area contributed by atoms with Crippen molar-refractivity contribution in [3.63, 3.8) is 0 Å². The van der Waals surface area contributed by atoms with Gasteiger partial charge in [0.15, 0.2) is 0 Å². The summed E-state index contributed by atoms with van der Waals surface area (Å²) in [5, 5.41) is 5.46. The van der Waals surface area contributed by atoms with Crippen LogP contribution >= 0.6 is 0 Å². The monoisotopic (exact) mass is 366 g/mol. The number of esters is 1. The van der Waals surface area contributed by atoms with Crippen LogP contribution in [0.1, 0.15) is 28.4 Å². The number of nitrogens with one attached hydrogen (secondary N) is 2. The molecule has 2 aromatic carbocycles. The van der Waals surface area contributed by atoms with Gasteiger partial charge < -0.3 is 15.4 Å². The van der Waals surface area contributed by atoms with Crippen LogP contribution < -0.4 is 10.6 Å². The molecular weight excluding hydrogens is 344 g/mol. The van der Waals surface area contributed by atoms with E-state index in [1.807, 2.05) is 32.0 Å². The minimum absolute atomic E-state index is 0.259. The van der Waals surface area contributed by atoms with Crippen LogP contribution in [0.3, 0.4) is 0 Å². The fourth-order valence-corrected chi connectivity index (χ4v) is 2.35. The summed E-state index contributed by atoms with van der Waals surface area (Å²) < 4.78 is 4.62. The van der Waals surface area contributed by atoms with Crippen molar-refractivity contribution >= 4 is 29.2 Å². The molecule has 0 aliphatic rings. The maximum atomic E-state index is 12.2. The van der Waals surface area contributed by atoms with Crippen molar-refractivity contribution in [1.29, 1.82) is 0 Å². The molecule has 2 rings (SSSR count). The summed E-state index contributed by atoms with van der Waals surface area (Å²) in [7, 11) is 1.30. The smallest absolute Gasteiger partial charge is 0.337 e. The molecule has 0 unspecified atom stereocenters. The van der Waals surface area contributed by atoms with Crippen molar-refractivity contribution in [1.82, 2.24) is 0 Å². The predicted octanol–water partition coefficient (Wildman–Crippen LogP) is 3.61. The molecule has 27 heavy (non-hydrogen) atoms. The minimum atomic E-state index is -0.452. The van der Waals surface area contributed by atoms with Crippen LogP contribution in [0.4, 0.5) is 11.4 Å². The first kappa shape index (κ1) is 19.9. The van der Waals surface area contributed by atoms with Gasteiger partial charge in [0.25, 0.3) is 5.91 Å². The Kier molecular flexibility index (Phi) is 6.49. The van der Waals surface area contributed by atoms with Crippen molar-refractivity contribution < 1.29 is 19.1 Å². The molecule has 140 valence electrons. The zero-order chi connectivity index (χ0) is 20.0. The van der Waals surface area contributed by atoms with Gasteiger partial charge in [0.1, 0.15) is 0 Å². The molecule has 0 fully saturated rings. The highest BCUT2D eigenvalue weighted by Gasteiger charge is 2.10. The summed E-state index contributed by atoms with van der Waals surface area (Å²) in [6.07, 6.45) is 1.25. The lowest BCUT2D eigenvalue weighted by atomic mass is 10.1. The molecule has 2 N–H and O–H groups in total.